The topological polar surface area (TPSA) is 38.3 Å². The zero-order chi connectivity index (χ0) is 14.9. The lowest BCUT2D eigenvalue weighted by molar-refractivity contribution is 0.103. The van der Waals surface area contributed by atoms with Gasteiger partial charge in [-0.1, -0.05) is 37.3 Å². The summed E-state index contributed by atoms with van der Waals surface area (Å²) in [4.78, 5) is 12.2. The third-order valence-electron chi connectivity index (χ3n) is 3.17. The lowest BCUT2D eigenvalue weighted by atomic mass is 10.0. The zero-order valence-electron chi connectivity index (χ0n) is 12.3. The van der Waals surface area contributed by atoms with Gasteiger partial charge < -0.3 is 10.1 Å². The predicted molar refractivity (Wildman–Crippen MR) is 85.0 cm³/mol. The number of carbonyl (C=O) groups excluding carboxylic acids is 1. The van der Waals surface area contributed by atoms with Crippen LogP contribution in [0.25, 0.3) is 0 Å². The second-order valence-electron chi connectivity index (χ2n) is 4.78. The standard InChI is InChI=1S/C18H21NO2/c1-2-19-13-6-14-21-17-11-9-16(10-12-17)18(20)15-7-4-3-5-8-15/h3-5,7-12,19H,2,6,13-14H2,1H3. The fourth-order valence-corrected chi connectivity index (χ4v) is 2.02. The van der Waals surface area contributed by atoms with E-state index in [4.69, 9.17) is 4.74 Å². The van der Waals surface area contributed by atoms with Crippen LogP contribution in [0.15, 0.2) is 54.6 Å². The molecule has 0 radical (unpaired) electrons. The van der Waals surface area contributed by atoms with Crippen LogP contribution in [-0.2, 0) is 0 Å². The Bertz CT molecular complexity index is 549. The normalized spacial score (nSPS) is 10.3. The zero-order valence-corrected chi connectivity index (χ0v) is 12.3. The van der Waals surface area contributed by atoms with Gasteiger partial charge in [-0.2, -0.15) is 0 Å². The second kappa shape index (κ2) is 8.22. The van der Waals surface area contributed by atoms with Crippen molar-refractivity contribution < 1.29 is 9.53 Å². The third kappa shape index (κ3) is 4.72. The van der Waals surface area contributed by atoms with Crippen LogP contribution in [0, 0.1) is 0 Å². The quantitative estimate of drug-likeness (QED) is 0.597. The fourth-order valence-electron chi connectivity index (χ4n) is 2.02. The molecule has 21 heavy (non-hydrogen) atoms. The van der Waals surface area contributed by atoms with Gasteiger partial charge in [0.1, 0.15) is 5.75 Å². The van der Waals surface area contributed by atoms with Crippen LogP contribution in [0.5, 0.6) is 5.75 Å². The first-order valence-electron chi connectivity index (χ1n) is 7.34. The fraction of sp³-hybridized carbons (Fsp3) is 0.278. The molecule has 3 nitrogen and oxygen atoms in total. The summed E-state index contributed by atoms with van der Waals surface area (Å²) in [5.74, 6) is 0.838. The molecular formula is C18H21NO2. The molecule has 0 fully saturated rings. The number of hydrogen-bond acceptors (Lipinski definition) is 3. The highest BCUT2D eigenvalue weighted by atomic mass is 16.5. The lowest BCUT2D eigenvalue weighted by Crippen LogP contribution is -2.16. The van der Waals surface area contributed by atoms with E-state index in [1.165, 1.54) is 0 Å². The highest BCUT2D eigenvalue weighted by molar-refractivity contribution is 6.08. The van der Waals surface area contributed by atoms with E-state index in [1.54, 1.807) is 0 Å². The highest BCUT2D eigenvalue weighted by Gasteiger charge is 2.08. The van der Waals surface area contributed by atoms with Crippen molar-refractivity contribution in [3.8, 4) is 5.75 Å². The number of ether oxygens (including phenoxy) is 1. The summed E-state index contributed by atoms with van der Waals surface area (Å²) >= 11 is 0. The van der Waals surface area contributed by atoms with E-state index in [-0.39, 0.29) is 5.78 Å². The summed E-state index contributed by atoms with van der Waals surface area (Å²) in [6, 6.07) is 16.6. The molecule has 2 aromatic rings. The Balaban J connectivity index is 1.88. The molecule has 0 bridgehead atoms. The Labute approximate surface area is 126 Å². The lowest BCUT2D eigenvalue weighted by Gasteiger charge is -2.07. The largest absolute Gasteiger partial charge is 0.494 e. The minimum absolute atomic E-state index is 0.0364. The van der Waals surface area contributed by atoms with Crippen LogP contribution in [-0.4, -0.2) is 25.5 Å². The molecule has 0 heterocycles. The number of nitrogens with one attached hydrogen (secondary N) is 1. The molecule has 0 aliphatic heterocycles. The Morgan fingerprint density at radius 3 is 2.33 bits per heavy atom. The van der Waals surface area contributed by atoms with Crippen molar-refractivity contribution in [2.24, 2.45) is 0 Å². The van der Waals surface area contributed by atoms with Crippen molar-refractivity contribution in [2.45, 2.75) is 13.3 Å². The summed E-state index contributed by atoms with van der Waals surface area (Å²) in [7, 11) is 0. The Morgan fingerprint density at radius 1 is 1.00 bits per heavy atom. The van der Waals surface area contributed by atoms with Crippen molar-refractivity contribution in [1.82, 2.24) is 5.32 Å². The van der Waals surface area contributed by atoms with Gasteiger partial charge >= 0.3 is 0 Å². The van der Waals surface area contributed by atoms with E-state index in [0.29, 0.717) is 17.7 Å². The molecule has 3 heteroatoms. The number of carbonyl (C=O) groups is 1. The highest BCUT2D eigenvalue weighted by Crippen LogP contribution is 2.15. The molecule has 2 aromatic carbocycles. The van der Waals surface area contributed by atoms with Crippen molar-refractivity contribution in [2.75, 3.05) is 19.7 Å². The number of hydrogen-bond donors (Lipinski definition) is 1. The van der Waals surface area contributed by atoms with Gasteiger partial charge in [0.05, 0.1) is 6.61 Å². The van der Waals surface area contributed by atoms with Crippen LogP contribution >= 0.6 is 0 Å². The number of rotatable bonds is 8. The van der Waals surface area contributed by atoms with E-state index < -0.39 is 0 Å². The molecule has 1 N–H and O–H groups in total. The Hall–Kier alpha value is -2.13. The Kier molecular flexibility index (Phi) is 5.98. The van der Waals surface area contributed by atoms with E-state index >= 15 is 0 Å². The van der Waals surface area contributed by atoms with Crippen LogP contribution in [0.4, 0.5) is 0 Å². The van der Waals surface area contributed by atoms with Gasteiger partial charge in [0.15, 0.2) is 5.78 Å². The van der Waals surface area contributed by atoms with Gasteiger partial charge in [-0.25, -0.2) is 0 Å². The van der Waals surface area contributed by atoms with E-state index in [2.05, 4.69) is 12.2 Å². The summed E-state index contributed by atoms with van der Waals surface area (Å²) in [5, 5.41) is 3.25. The van der Waals surface area contributed by atoms with Gasteiger partial charge in [0.2, 0.25) is 0 Å². The van der Waals surface area contributed by atoms with Crippen molar-refractivity contribution in [3.05, 3.63) is 65.7 Å². The average Bonchev–Trinajstić information content (AvgIpc) is 2.55. The maximum absolute atomic E-state index is 12.2. The maximum atomic E-state index is 12.2. The van der Waals surface area contributed by atoms with Crippen LogP contribution < -0.4 is 10.1 Å². The molecule has 0 amide bonds. The summed E-state index contributed by atoms with van der Waals surface area (Å²) < 4.78 is 5.64. The first-order chi connectivity index (χ1) is 10.3. The first kappa shape index (κ1) is 15.3. The molecule has 0 saturated carbocycles. The van der Waals surface area contributed by atoms with Gasteiger partial charge in [-0.15, -0.1) is 0 Å². The summed E-state index contributed by atoms with van der Waals surface area (Å²) in [6.45, 7) is 4.71. The van der Waals surface area contributed by atoms with Crippen molar-refractivity contribution >= 4 is 5.78 Å². The number of benzene rings is 2. The maximum Gasteiger partial charge on any atom is 0.193 e. The van der Waals surface area contributed by atoms with E-state index in [0.717, 1.165) is 25.3 Å². The molecule has 0 saturated heterocycles. The average molecular weight is 283 g/mol. The van der Waals surface area contributed by atoms with Gasteiger partial charge in [-0.05, 0) is 43.8 Å². The molecule has 0 aliphatic rings. The second-order valence-corrected chi connectivity index (χ2v) is 4.78. The number of ketones is 1. The summed E-state index contributed by atoms with van der Waals surface area (Å²) in [6.07, 6.45) is 0.971. The van der Waals surface area contributed by atoms with E-state index in [1.807, 2.05) is 54.6 Å². The van der Waals surface area contributed by atoms with Crippen molar-refractivity contribution in [3.63, 3.8) is 0 Å². The van der Waals surface area contributed by atoms with E-state index in [9.17, 15) is 4.79 Å². The molecule has 0 atom stereocenters. The monoisotopic (exact) mass is 283 g/mol. The third-order valence-corrected chi connectivity index (χ3v) is 3.17. The molecule has 0 spiro atoms. The molecule has 0 aliphatic carbocycles. The molecule has 0 aromatic heterocycles. The Morgan fingerprint density at radius 2 is 1.67 bits per heavy atom. The molecule has 0 unspecified atom stereocenters. The SMILES string of the molecule is CCNCCCOc1ccc(C(=O)c2ccccc2)cc1. The van der Waals surface area contributed by atoms with Crippen LogP contribution in [0.3, 0.4) is 0 Å². The van der Waals surface area contributed by atoms with Gasteiger partial charge in [0.25, 0.3) is 0 Å². The molecule has 2 rings (SSSR count). The van der Waals surface area contributed by atoms with Crippen molar-refractivity contribution in [1.29, 1.82) is 0 Å². The van der Waals surface area contributed by atoms with Gasteiger partial charge in [0, 0.05) is 11.1 Å². The van der Waals surface area contributed by atoms with Crippen LogP contribution in [0.1, 0.15) is 29.3 Å². The smallest absolute Gasteiger partial charge is 0.193 e. The van der Waals surface area contributed by atoms with Gasteiger partial charge in [-0.3, -0.25) is 4.79 Å². The molecule has 110 valence electrons. The first-order valence-corrected chi connectivity index (χ1v) is 7.34. The minimum Gasteiger partial charge on any atom is -0.494 e. The minimum atomic E-state index is 0.0364. The predicted octanol–water partition coefficient (Wildman–Crippen LogP) is 3.30. The summed E-state index contributed by atoms with van der Waals surface area (Å²) in [5.41, 5.74) is 1.39. The van der Waals surface area contributed by atoms with Crippen LogP contribution in [0.2, 0.25) is 0 Å². The molecular weight excluding hydrogens is 262 g/mol.